The molecular formula is C21H25F2N3OS. The molecule has 150 valence electrons. The second-order valence-electron chi connectivity index (χ2n) is 6.98. The topological polar surface area (TPSA) is 35.6 Å². The molecule has 1 N–H and O–H groups in total. The Morgan fingerprint density at radius 2 is 1.75 bits per heavy atom. The molecule has 0 radical (unpaired) electrons. The highest BCUT2D eigenvalue weighted by molar-refractivity contribution is 7.99. The van der Waals surface area contributed by atoms with Crippen LogP contribution < -0.4 is 5.32 Å². The lowest BCUT2D eigenvalue weighted by Crippen LogP contribution is -2.43. The third kappa shape index (κ3) is 6.29. The summed E-state index contributed by atoms with van der Waals surface area (Å²) >= 11 is 0.473. The Balaban J connectivity index is 1.52. The molecule has 1 aliphatic rings. The van der Waals surface area contributed by atoms with E-state index in [2.05, 4.69) is 34.3 Å². The van der Waals surface area contributed by atoms with Gasteiger partial charge in [-0.05, 0) is 42.4 Å². The highest BCUT2D eigenvalue weighted by atomic mass is 32.2. The van der Waals surface area contributed by atoms with Crippen LogP contribution in [0.25, 0.3) is 0 Å². The molecule has 4 nitrogen and oxygen atoms in total. The molecule has 0 aromatic heterocycles. The Kier molecular flexibility index (Phi) is 7.42. The molecule has 0 bridgehead atoms. The molecule has 28 heavy (non-hydrogen) atoms. The molecule has 1 saturated heterocycles. The van der Waals surface area contributed by atoms with E-state index < -0.39 is 5.76 Å². The zero-order chi connectivity index (χ0) is 19.9. The zero-order valence-electron chi connectivity index (χ0n) is 15.9. The molecular weight excluding hydrogens is 380 g/mol. The molecule has 1 heterocycles. The molecule has 2 aromatic rings. The third-order valence-corrected chi connectivity index (χ3v) is 5.51. The van der Waals surface area contributed by atoms with Gasteiger partial charge < -0.3 is 10.2 Å². The van der Waals surface area contributed by atoms with Crippen molar-refractivity contribution in [2.75, 3.05) is 33.2 Å². The first-order valence-electron chi connectivity index (χ1n) is 9.31. The van der Waals surface area contributed by atoms with Crippen molar-refractivity contribution >= 4 is 17.7 Å². The van der Waals surface area contributed by atoms with Crippen molar-refractivity contribution in [3.8, 4) is 0 Å². The monoisotopic (exact) mass is 405 g/mol. The first-order valence-corrected chi connectivity index (χ1v) is 10.2. The largest absolute Gasteiger partial charge is 0.348 e. The first kappa shape index (κ1) is 20.8. The van der Waals surface area contributed by atoms with Crippen LogP contribution >= 0.6 is 11.8 Å². The summed E-state index contributed by atoms with van der Waals surface area (Å²) in [6.45, 7) is 5.66. The number of halogens is 2. The van der Waals surface area contributed by atoms with Gasteiger partial charge in [0.25, 0.3) is 11.7 Å². The quantitative estimate of drug-likeness (QED) is 0.713. The van der Waals surface area contributed by atoms with Crippen molar-refractivity contribution in [1.82, 2.24) is 15.1 Å². The fourth-order valence-electron chi connectivity index (χ4n) is 3.17. The van der Waals surface area contributed by atoms with Crippen LogP contribution in [0.4, 0.5) is 8.78 Å². The predicted octanol–water partition coefficient (Wildman–Crippen LogP) is 3.68. The molecule has 1 amide bonds. The summed E-state index contributed by atoms with van der Waals surface area (Å²) in [5.74, 6) is -2.67. The number of carbonyl (C=O) groups excluding carboxylic acids is 1. The lowest BCUT2D eigenvalue weighted by Gasteiger charge is -2.32. The number of hydrogen-bond donors (Lipinski definition) is 1. The lowest BCUT2D eigenvalue weighted by atomic mass is 10.1. The number of nitrogens with zero attached hydrogens (tertiary/aromatic N) is 2. The summed E-state index contributed by atoms with van der Waals surface area (Å²) in [5.41, 5.74) is 2.75. The molecule has 0 unspecified atom stereocenters. The first-order chi connectivity index (χ1) is 13.5. The Morgan fingerprint density at radius 1 is 1.07 bits per heavy atom. The van der Waals surface area contributed by atoms with E-state index in [0.717, 1.165) is 38.3 Å². The normalized spacial score (nSPS) is 15.7. The summed E-state index contributed by atoms with van der Waals surface area (Å²) in [5, 5.41) is 2.90. The standard InChI is InChI=1S/C21H25F2N3OS/c1-25-9-11-26(12-10-25)15-17-4-2-3-16(13-17)14-24-20(27)18-5-7-19(8-6-18)28-21(22)23/h2-8,13,21H,9-12,14-15H2,1H3,(H,24,27). The van der Waals surface area contributed by atoms with Gasteiger partial charge in [-0.25, -0.2) is 0 Å². The van der Waals surface area contributed by atoms with Crippen LogP contribution in [0.5, 0.6) is 0 Å². The number of nitrogens with one attached hydrogen (secondary N) is 1. The summed E-state index contributed by atoms with van der Waals surface area (Å²) in [6.07, 6.45) is 0. The number of rotatable bonds is 7. The Morgan fingerprint density at radius 3 is 2.43 bits per heavy atom. The number of benzene rings is 2. The molecule has 0 spiro atoms. The highest BCUT2D eigenvalue weighted by Gasteiger charge is 2.14. The fraction of sp³-hybridized carbons (Fsp3) is 0.381. The van der Waals surface area contributed by atoms with Crippen LogP contribution in [0.2, 0.25) is 0 Å². The number of amides is 1. The van der Waals surface area contributed by atoms with Gasteiger partial charge in [0.15, 0.2) is 0 Å². The molecule has 3 rings (SSSR count). The number of alkyl halides is 2. The second-order valence-corrected chi connectivity index (χ2v) is 8.05. The maximum absolute atomic E-state index is 12.4. The molecule has 1 aliphatic heterocycles. The molecule has 2 aromatic carbocycles. The van der Waals surface area contributed by atoms with E-state index in [1.807, 2.05) is 12.1 Å². The van der Waals surface area contributed by atoms with Gasteiger partial charge >= 0.3 is 0 Å². The van der Waals surface area contributed by atoms with E-state index in [0.29, 0.717) is 28.8 Å². The molecule has 0 aliphatic carbocycles. The van der Waals surface area contributed by atoms with Gasteiger partial charge in [-0.2, -0.15) is 8.78 Å². The molecule has 0 saturated carbocycles. The van der Waals surface area contributed by atoms with Crippen LogP contribution in [-0.4, -0.2) is 54.7 Å². The van der Waals surface area contributed by atoms with Crippen molar-refractivity contribution in [2.45, 2.75) is 23.7 Å². The van der Waals surface area contributed by atoms with Gasteiger partial charge in [0, 0.05) is 49.7 Å². The van der Waals surface area contributed by atoms with Gasteiger partial charge in [-0.15, -0.1) is 0 Å². The number of hydrogen-bond acceptors (Lipinski definition) is 4. The minimum atomic E-state index is -2.46. The molecule has 1 fully saturated rings. The maximum Gasteiger partial charge on any atom is 0.288 e. The van der Waals surface area contributed by atoms with Gasteiger partial charge in [-0.3, -0.25) is 9.69 Å². The average Bonchev–Trinajstić information content (AvgIpc) is 2.68. The zero-order valence-corrected chi connectivity index (χ0v) is 16.7. The maximum atomic E-state index is 12.4. The third-order valence-electron chi connectivity index (χ3n) is 4.79. The Hall–Kier alpha value is -1.96. The average molecular weight is 406 g/mol. The summed E-state index contributed by atoms with van der Waals surface area (Å²) in [6, 6.07) is 14.5. The highest BCUT2D eigenvalue weighted by Crippen LogP contribution is 2.25. The van der Waals surface area contributed by atoms with Gasteiger partial charge in [-0.1, -0.05) is 36.0 Å². The fourth-order valence-corrected chi connectivity index (χ4v) is 3.67. The van der Waals surface area contributed by atoms with E-state index in [4.69, 9.17) is 0 Å². The Labute approximate surface area is 168 Å². The van der Waals surface area contributed by atoms with Crippen LogP contribution in [0, 0.1) is 0 Å². The van der Waals surface area contributed by atoms with Crippen molar-refractivity contribution in [2.24, 2.45) is 0 Å². The van der Waals surface area contributed by atoms with Crippen molar-refractivity contribution in [1.29, 1.82) is 0 Å². The molecule has 0 atom stereocenters. The minimum Gasteiger partial charge on any atom is -0.348 e. The van der Waals surface area contributed by atoms with Crippen molar-refractivity contribution < 1.29 is 13.6 Å². The van der Waals surface area contributed by atoms with Crippen LogP contribution in [-0.2, 0) is 13.1 Å². The van der Waals surface area contributed by atoms with E-state index in [9.17, 15) is 13.6 Å². The van der Waals surface area contributed by atoms with Crippen LogP contribution in [0.3, 0.4) is 0 Å². The van der Waals surface area contributed by atoms with Gasteiger partial charge in [0.05, 0.1) is 0 Å². The number of carbonyl (C=O) groups is 1. The summed E-state index contributed by atoms with van der Waals surface area (Å²) < 4.78 is 24.7. The predicted molar refractivity (Wildman–Crippen MR) is 109 cm³/mol. The Bertz CT molecular complexity index is 777. The number of thioether (sulfide) groups is 1. The van der Waals surface area contributed by atoms with Crippen LogP contribution in [0.15, 0.2) is 53.4 Å². The summed E-state index contributed by atoms with van der Waals surface area (Å²) in [7, 11) is 2.14. The van der Waals surface area contributed by atoms with Crippen molar-refractivity contribution in [3.05, 3.63) is 65.2 Å². The van der Waals surface area contributed by atoms with E-state index >= 15 is 0 Å². The van der Waals surface area contributed by atoms with E-state index in [1.165, 1.54) is 5.56 Å². The number of piperazine rings is 1. The van der Waals surface area contributed by atoms with Crippen LogP contribution in [0.1, 0.15) is 21.5 Å². The number of likely N-dealkylation sites (N-methyl/N-ethyl adjacent to an activating group) is 1. The van der Waals surface area contributed by atoms with Gasteiger partial charge in [0.1, 0.15) is 0 Å². The lowest BCUT2D eigenvalue weighted by molar-refractivity contribution is 0.0951. The summed E-state index contributed by atoms with van der Waals surface area (Å²) in [4.78, 5) is 17.5. The minimum absolute atomic E-state index is 0.210. The van der Waals surface area contributed by atoms with Gasteiger partial charge in [0.2, 0.25) is 0 Å². The van der Waals surface area contributed by atoms with Crippen molar-refractivity contribution in [3.63, 3.8) is 0 Å². The van der Waals surface area contributed by atoms with E-state index in [1.54, 1.807) is 24.3 Å². The molecule has 7 heteroatoms. The SMILES string of the molecule is CN1CCN(Cc2cccc(CNC(=O)c3ccc(SC(F)F)cc3)c2)CC1. The smallest absolute Gasteiger partial charge is 0.288 e. The second kappa shape index (κ2) is 10.0. The van der Waals surface area contributed by atoms with E-state index in [-0.39, 0.29) is 5.91 Å².